The van der Waals surface area contributed by atoms with Crippen molar-refractivity contribution >= 4 is 35.0 Å². The fourth-order valence-corrected chi connectivity index (χ4v) is 4.96. The first kappa shape index (κ1) is 31.3. The molecule has 2 aromatic rings. The summed E-state index contributed by atoms with van der Waals surface area (Å²) in [6.45, 7) is 4.43. The van der Waals surface area contributed by atoms with Crippen LogP contribution in [0.3, 0.4) is 0 Å². The zero-order chi connectivity index (χ0) is 23.7. The van der Waals surface area contributed by atoms with Gasteiger partial charge in [-0.05, 0) is 51.7 Å². The highest BCUT2D eigenvalue weighted by atomic mass is 35.5. The van der Waals surface area contributed by atoms with Gasteiger partial charge in [-0.15, -0.1) is 12.4 Å². The smallest absolute Gasteiger partial charge is 0.109 e. The van der Waals surface area contributed by atoms with Gasteiger partial charge in [-0.3, -0.25) is 0 Å². The van der Waals surface area contributed by atoms with E-state index < -0.39 is 0 Å². The van der Waals surface area contributed by atoms with Crippen molar-refractivity contribution in [3.63, 3.8) is 0 Å². The maximum atomic E-state index is 6.22. The average Bonchev–Trinajstić information content (AvgIpc) is 3.12. The molecule has 1 aromatic carbocycles. The first-order chi connectivity index (χ1) is 16.1. The minimum absolute atomic E-state index is 0. The number of hydrogen-bond acceptors (Lipinski definition) is 2. The van der Waals surface area contributed by atoms with Crippen LogP contribution in [0.1, 0.15) is 115 Å². The van der Waals surface area contributed by atoms with Gasteiger partial charge in [0.2, 0.25) is 0 Å². The summed E-state index contributed by atoms with van der Waals surface area (Å²) >= 11 is 6.22. The van der Waals surface area contributed by atoms with Crippen molar-refractivity contribution < 1.29 is 0 Å². The molecule has 0 unspecified atom stereocenters. The number of aryl methyl sites for hydroxylation is 2. The second kappa shape index (κ2) is 19.4. The first-order valence-corrected chi connectivity index (χ1v) is 14.3. The van der Waals surface area contributed by atoms with E-state index in [1.807, 2.05) is 12.1 Å². The topological polar surface area (TPSA) is 21.1 Å². The summed E-state index contributed by atoms with van der Waals surface area (Å²) in [4.78, 5) is 7.19. The van der Waals surface area contributed by atoms with E-state index in [1.165, 1.54) is 108 Å². The predicted octanol–water partition coefficient (Wildman–Crippen LogP) is 9.48. The summed E-state index contributed by atoms with van der Waals surface area (Å²) in [5.74, 6) is 1.24. The van der Waals surface area contributed by atoms with E-state index in [0.717, 1.165) is 36.5 Å². The van der Waals surface area contributed by atoms with Crippen LogP contribution in [0.25, 0.3) is 11.0 Å². The van der Waals surface area contributed by atoms with Gasteiger partial charge in [-0.1, -0.05) is 108 Å². The third-order valence-electron chi connectivity index (χ3n) is 6.78. The molecule has 0 spiro atoms. The van der Waals surface area contributed by atoms with Gasteiger partial charge < -0.3 is 9.47 Å². The van der Waals surface area contributed by atoms with Gasteiger partial charge in [-0.2, -0.15) is 0 Å². The number of unbranched alkanes of at least 4 members (excludes halogenated alkanes) is 14. The van der Waals surface area contributed by atoms with Crippen LogP contribution in [0.4, 0.5) is 0 Å². The van der Waals surface area contributed by atoms with Gasteiger partial charge in [0.15, 0.2) is 0 Å². The number of nitrogens with zero attached hydrogens (tertiary/aromatic N) is 3. The molecule has 0 aliphatic rings. The molecular formula is C29H51Cl2N3. The molecule has 1 heterocycles. The molecule has 34 heavy (non-hydrogen) atoms. The fraction of sp³-hybridized carbons (Fsp3) is 0.759. The number of fused-ring (bicyclic) bond motifs is 1. The van der Waals surface area contributed by atoms with E-state index in [4.69, 9.17) is 16.6 Å². The summed E-state index contributed by atoms with van der Waals surface area (Å²) in [7, 11) is 4.28. The van der Waals surface area contributed by atoms with Crippen molar-refractivity contribution in [1.82, 2.24) is 14.5 Å². The third-order valence-corrected chi connectivity index (χ3v) is 7.02. The Morgan fingerprint density at radius 2 is 1.29 bits per heavy atom. The lowest BCUT2D eigenvalue weighted by Gasteiger charge is -2.12. The van der Waals surface area contributed by atoms with Crippen LogP contribution >= 0.6 is 24.0 Å². The highest BCUT2D eigenvalue weighted by molar-refractivity contribution is 6.31. The molecule has 5 heteroatoms. The molecule has 0 N–H and O–H groups in total. The number of aromatic nitrogens is 2. The lowest BCUT2D eigenvalue weighted by Crippen LogP contribution is -2.16. The fourth-order valence-electron chi connectivity index (χ4n) is 4.79. The van der Waals surface area contributed by atoms with Crippen molar-refractivity contribution in [2.24, 2.45) is 0 Å². The molecule has 0 fully saturated rings. The molecule has 0 amide bonds. The van der Waals surface area contributed by atoms with Gasteiger partial charge >= 0.3 is 0 Å². The lowest BCUT2D eigenvalue weighted by molar-refractivity contribution is 0.386. The molecule has 0 atom stereocenters. The molecule has 0 aliphatic heterocycles. The Bertz CT molecular complexity index is 757. The van der Waals surface area contributed by atoms with Crippen LogP contribution in [-0.2, 0) is 13.0 Å². The highest BCUT2D eigenvalue weighted by Crippen LogP contribution is 2.22. The van der Waals surface area contributed by atoms with Crippen molar-refractivity contribution in [3.05, 3.63) is 29.0 Å². The van der Waals surface area contributed by atoms with E-state index in [-0.39, 0.29) is 12.4 Å². The van der Waals surface area contributed by atoms with Gasteiger partial charge in [0.1, 0.15) is 5.82 Å². The molecule has 0 saturated carbocycles. The molecule has 2 rings (SSSR count). The number of halogens is 2. The first-order valence-electron chi connectivity index (χ1n) is 13.9. The molecule has 0 radical (unpaired) electrons. The lowest BCUT2D eigenvalue weighted by atomic mass is 10.0. The van der Waals surface area contributed by atoms with Crippen molar-refractivity contribution in [3.8, 4) is 0 Å². The van der Waals surface area contributed by atoms with Gasteiger partial charge in [0.25, 0.3) is 0 Å². The van der Waals surface area contributed by atoms with Gasteiger partial charge in [-0.25, -0.2) is 4.98 Å². The van der Waals surface area contributed by atoms with Crippen LogP contribution in [0, 0.1) is 0 Å². The van der Waals surface area contributed by atoms with Crippen molar-refractivity contribution in [2.45, 2.75) is 123 Å². The average molecular weight is 513 g/mol. The Labute approximate surface area is 221 Å². The van der Waals surface area contributed by atoms with E-state index >= 15 is 0 Å². The molecule has 0 bridgehead atoms. The van der Waals surface area contributed by atoms with Gasteiger partial charge in [0, 0.05) is 18.0 Å². The zero-order valence-electron chi connectivity index (χ0n) is 22.3. The summed E-state index contributed by atoms with van der Waals surface area (Å²) in [6.07, 6.45) is 23.3. The second-order valence-corrected chi connectivity index (χ2v) is 10.6. The molecule has 196 valence electrons. The van der Waals surface area contributed by atoms with Crippen molar-refractivity contribution in [1.29, 1.82) is 0 Å². The number of rotatable bonds is 20. The quantitative estimate of drug-likeness (QED) is 0.165. The number of hydrogen-bond donors (Lipinski definition) is 0. The van der Waals surface area contributed by atoms with Gasteiger partial charge in [0.05, 0.1) is 11.0 Å². The van der Waals surface area contributed by atoms with E-state index in [2.05, 4.69) is 36.6 Å². The van der Waals surface area contributed by atoms with E-state index in [9.17, 15) is 0 Å². The Hall–Kier alpha value is -0.770. The maximum absolute atomic E-state index is 6.22. The predicted molar refractivity (Wildman–Crippen MR) is 154 cm³/mol. The standard InChI is InChI=1S/C29H50ClN3.ClH/c1-4-5-6-7-8-9-10-11-12-13-14-15-16-17-18-20-29-31-27-25-26(30)21-22-28(27)33(29)24-19-23-32(2)3;/h21-22,25H,4-20,23-24H2,1-3H3;1H. The molecule has 3 nitrogen and oxygen atoms in total. The minimum Gasteiger partial charge on any atom is -0.328 e. The molecule has 0 saturated heterocycles. The largest absolute Gasteiger partial charge is 0.328 e. The van der Waals surface area contributed by atoms with E-state index in [1.54, 1.807) is 0 Å². The summed E-state index contributed by atoms with van der Waals surface area (Å²) < 4.78 is 2.43. The molecular weight excluding hydrogens is 461 g/mol. The Balaban J connectivity index is 0.00000578. The third kappa shape index (κ3) is 12.8. The van der Waals surface area contributed by atoms with Crippen LogP contribution in [0.5, 0.6) is 0 Å². The highest BCUT2D eigenvalue weighted by Gasteiger charge is 2.11. The number of benzene rings is 1. The van der Waals surface area contributed by atoms with E-state index in [0.29, 0.717) is 0 Å². The molecule has 0 aliphatic carbocycles. The SMILES string of the molecule is CCCCCCCCCCCCCCCCCc1nc2cc(Cl)ccc2n1CCCN(C)C.Cl. The van der Waals surface area contributed by atoms with Crippen LogP contribution in [0.2, 0.25) is 5.02 Å². The summed E-state index contributed by atoms with van der Waals surface area (Å²) in [5, 5.41) is 0.777. The zero-order valence-corrected chi connectivity index (χ0v) is 23.9. The second-order valence-electron chi connectivity index (χ2n) is 10.2. The summed E-state index contributed by atoms with van der Waals surface area (Å²) in [6, 6.07) is 6.14. The maximum Gasteiger partial charge on any atom is 0.109 e. The van der Waals surface area contributed by atoms with Crippen molar-refractivity contribution in [2.75, 3.05) is 20.6 Å². The van der Waals surface area contributed by atoms with Crippen LogP contribution in [0.15, 0.2) is 18.2 Å². The Morgan fingerprint density at radius 1 is 0.765 bits per heavy atom. The number of imidazole rings is 1. The van der Waals surface area contributed by atoms with Crippen LogP contribution < -0.4 is 0 Å². The van der Waals surface area contributed by atoms with Crippen LogP contribution in [-0.4, -0.2) is 35.1 Å². The normalized spacial score (nSPS) is 11.4. The summed E-state index contributed by atoms with van der Waals surface area (Å²) in [5.41, 5.74) is 2.28. The monoisotopic (exact) mass is 511 g/mol. The Kier molecular flexibility index (Phi) is 17.9. The Morgan fingerprint density at radius 3 is 1.82 bits per heavy atom. The minimum atomic E-state index is 0. The molecule has 1 aromatic heterocycles.